The van der Waals surface area contributed by atoms with Gasteiger partial charge in [-0.1, -0.05) is 29.3 Å². The van der Waals surface area contributed by atoms with E-state index in [0.717, 1.165) is 22.6 Å². The summed E-state index contributed by atoms with van der Waals surface area (Å²) in [5, 5.41) is 4.00. The number of aryl methyl sites for hydroxylation is 1. The Bertz CT molecular complexity index is 1090. The molecule has 2 heterocycles. The SMILES string of the molecule is COc1cc(N2CCN(C(=O)NCc3c(Cl)cccc3Cl)CC2)ccc1-c1cnc(C)o1. The summed E-state index contributed by atoms with van der Waals surface area (Å²) in [6.07, 6.45) is 1.69. The Morgan fingerprint density at radius 1 is 1.16 bits per heavy atom. The molecule has 1 aromatic heterocycles. The van der Waals surface area contributed by atoms with E-state index in [1.54, 1.807) is 36.4 Å². The third kappa shape index (κ3) is 4.79. The smallest absolute Gasteiger partial charge is 0.317 e. The van der Waals surface area contributed by atoms with E-state index in [9.17, 15) is 4.79 Å². The molecular weight excluding hydrogens is 451 g/mol. The Labute approximate surface area is 196 Å². The Hall–Kier alpha value is -2.90. The lowest BCUT2D eigenvalue weighted by molar-refractivity contribution is 0.194. The molecule has 1 N–H and O–H groups in total. The number of carbonyl (C=O) groups is 1. The van der Waals surface area contributed by atoms with E-state index >= 15 is 0 Å². The zero-order chi connectivity index (χ0) is 22.7. The molecule has 0 aliphatic carbocycles. The normalized spacial score (nSPS) is 13.9. The standard InChI is InChI=1S/C23H24Cl2N4O3/c1-15-26-14-22(32-15)17-7-6-16(12-21(17)31-2)28-8-10-29(11-9-28)23(30)27-13-18-19(24)4-3-5-20(18)25/h3-7,12,14H,8-11,13H2,1-2H3,(H,27,30). The predicted octanol–water partition coefficient (Wildman–Crippen LogP) is 5.00. The molecule has 0 atom stereocenters. The molecule has 0 saturated carbocycles. The van der Waals surface area contributed by atoms with Gasteiger partial charge in [-0.15, -0.1) is 0 Å². The van der Waals surface area contributed by atoms with Gasteiger partial charge in [0.15, 0.2) is 11.7 Å². The number of ether oxygens (including phenoxy) is 1. The molecule has 7 nitrogen and oxygen atoms in total. The monoisotopic (exact) mass is 474 g/mol. The summed E-state index contributed by atoms with van der Waals surface area (Å²) in [6, 6.07) is 11.2. The summed E-state index contributed by atoms with van der Waals surface area (Å²) >= 11 is 12.4. The number of hydrogen-bond acceptors (Lipinski definition) is 5. The molecule has 32 heavy (non-hydrogen) atoms. The first kappa shape index (κ1) is 22.3. The van der Waals surface area contributed by atoms with E-state index in [4.69, 9.17) is 32.4 Å². The predicted molar refractivity (Wildman–Crippen MR) is 126 cm³/mol. The minimum Gasteiger partial charge on any atom is -0.496 e. The van der Waals surface area contributed by atoms with Crippen molar-refractivity contribution in [2.45, 2.75) is 13.5 Å². The molecule has 0 radical (unpaired) electrons. The number of urea groups is 1. The molecule has 0 unspecified atom stereocenters. The second kappa shape index (κ2) is 9.71. The average Bonchev–Trinajstić information content (AvgIpc) is 3.24. The molecule has 0 spiro atoms. The van der Waals surface area contributed by atoms with Gasteiger partial charge < -0.3 is 24.3 Å². The Balaban J connectivity index is 1.36. The topological polar surface area (TPSA) is 70.8 Å². The number of carbonyl (C=O) groups excluding carboxylic acids is 1. The number of hydrogen-bond donors (Lipinski definition) is 1. The van der Waals surface area contributed by atoms with Crippen molar-refractivity contribution in [1.29, 1.82) is 0 Å². The summed E-state index contributed by atoms with van der Waals surface area (Å²) in [6.45, 7) is 4.73. The highest BCUT2D eigenvalue weighted by Crippen LogP contribution is 2.34. The van der Waals surface area contributed by atoms with Crippen LogP contribution in [0.5, 0.6) is 5.75 Å². The molecule has 9 heteroatoms. The molecule has 0 bridgehead atoms. The van der Waals surface area contributed by atoms with Gasteiger partial charge in [0.1, 0.15) is 5.75 Å². The fraction of sp³-hybridized carbons (Fsp3) is 0.304. The molecular formula is C23H24Cl2N4O3. The van der Waals surface area contributed by atoms with E-state index in [1.807, 2.05) is 25.1 Å². The molecule has 4 rings (SSSR count). The van der Waals surface area contributed by atoms with Gasteiger partial charge in [-0.25, -0.2) is 9.78 Å². The van der Waals surface area contributed by atoms with Gasteiger partial charge >= 0.3 is 6.03 Å². The number of halogens is 2. The first-order valence-corrected chi connectivity index (χ1v) is 11.0. The minimum absolute atomic E-state index is 0.130. The third-order valence-corrected chi connectivity index (χ3v) is 6.19. The van der Waals surface area contributed by atoms with Crippen molar-refractivity contribution in [2.24, 2.45) is 0 Å². The van der Waals surface area contributed by atoms with Crippen molar-refractivity contribution in [3.05, 3.63) is 64.1 Å². The van der Waals surface area contributed by atoms with Crippen LogP contribution >= 0.6 is 23.2 Å². The number of oxazole rings is 1. The van der Waals surface area contributed by atoms with Crippen molar-refractivity contribution in [3.8, 4) is 17.1 Å². The number of nitrogens with zero attached hydrogens (tertiary/aromatic N) is 3. The average molecular weight is 475 g/mol. The van der Waals surface area contributed by atoms with Crippen LogP contribution in [0.1, 0.15) is 11.5 Å². The van der Waals surface area contributed by atoms with Gasteiger partial charge in [0.05, 0.1) is 18.9 Å². The van der Waals surface area contributed by atoms with Crippen molar-refractivity contribution < 1.29 is 13.9 Å². The second-order valence-corrected chi connectivity index (χ2v) is 8.28. The van der Waals surface area contributed by atoms with Crippen LogP contribution in [0.15, 0.2) is 47.0 Å². The second-order valence-electron chi connectivity index (χ2n) is 7.46. The maximum Gasteiger partial charge on any atom is 0.317 e. The molecule has 1 aliphatic rings. The van der Waals surface area contributed by atoms with Gasteiger partial charge in [0, 0.05) is 67.0 Å². The summed E-state index contributed by atoms with van der Waals surface area (Å²) in [7, 11) is 1.64. The highest BCUT2D eigenvalue weighted by Gasteiger charge is 2.22. The molecule has 1 saturated heterocycles. The fourth-order valence-electron chi connectivity index (χ4n) is 3.71. The number of anilines is 1. The first-order valence-electron chi connectivity index (χ1n) is 10.3. The third-order valence-electron chi connectivity index (χ3n) is 5.48. The number of amides is 2. The van der Waals surface area contributed by atoms with E-state index in [0.29, 0.717) is 47.9 Å². The van der Waals surface area contributed by atoms with Crippen LogP contribution in [-0.4, -0.2) is 49.2 Å². The van der Waals surface area contributed by atoms with Crippen LogP contribution in [0, 0.1) is 6.92 Å². The summed E-state index contributed by atoms with van der Waals surface area (Å²) in [4.78, 5) is 20.8. The van der Waals surface area contributed by atoms with E-state index in [1.165, 1.54) is 0 Å². The molecule has 3 aromatic rings. The number of nitrogens with one attached hydrogen (secondary N) is 1. The number of rotatable bonds is 5. The quantitative estimate of drug-likeness (QED) is 0.563. The van der Waals surface area contributed by atoms with Gasteiger partial charge in [0.2, 0.25) is 0 Å². The highest BCUT2D eigenvalue weighted by atomic mass is 35.5. The Kier molecular flexibility index (Phi) is 6.77. The number of methoxy groups -OCH3 is 1. The maximum absolute atomic E-state index is 12.6. The lowest BCUT2D eigenvalue weighted by atomic mass is 10.1. The minimum atomic E-state index is -0.130. The van der Waals surface area contributed by atoms with Gasteiger partial charge in [-0.2, -0.15) is 0 Å². The highest BCUT2D eigenvalue weighted by molar-refractivity contribution is 6.36. The molecule has 1 fully saturated rings. The van der Waals surface area contributed by atoms with Crippen molar-refractivity contribution in [2.75, 3.05) is 38.2 Å². The lowest BCUT2D eigenvalue weighted by Gasteiger charge is -2.36. The van der Waals surface area contributed by atoms with Crippen LogP contribution in [-0.2, 0) is 6.54 Å². The first-order chi connectivity index (χ1) is 15.5. The van der Waals surface area contributed by atoms with Crippen LogP contribution in [0.4, 0.5) is 10.5 Å². The lowest BCUT2D eigenvalue weighted by Crippen LogP contribution is -2.51. The summed E-state index contributed by atoms with van der Waals surface area (Å²) < 4.78 is 11.2. The maximum atomic E-state index is 12.6. The number of aromatic nitrogens is 1. The number of piperazine rings is 1. The Morgan fingerprint density at radius 3 is 2.50 bits per heavy atom. The molecule has 2 aromatic carbocycles. The van der Waals surface area contributed by atoms with E-state index < -0.39 is 0 Å². The molecule has 2 amide bonds. The molecule has 1 aliphatic heterocycles. The van der Waals surface area contributed by atoms with Crippen LogP contribution in [0.25, 0.3) is 11.3 Å². The van der Waals surface area contributed by atoms with Crippen molar-refractivity contribution >= 4 is 34.9 Å². The zero-order valence-corrected chi connectivity index (χ0v) is 19.4. The zero-order valence-electron chi connectivity index (χ0n) is 17.9. The van der Waals surface area contributed by atoms with Crippen LogP contribution < -0.4 is 15.0 Å². The van der Waals surface area contributed by atoms with Crippen LogP contribution in [0.2, 0.25) is 10.0 Å². The Morgan fingerprint density at radius 2 is 1.88 bits per heavy atom. The van der Waals surface area contributed by atoms with Crippen LogP contribution in [0.3, 0.4) is 0 Å². The van der Waals surface area contributed by atoms with Crippen molar-refractivity contribution in [3.63, 3.8) is 0 Å². The van der Waals surface area contributed by atoms with Gasteiger partial charge in [-0.3, -0.25) is 0 Å². The van der Waals surface area contributed by atoms with E-state index in [-0.39, 0.29) is 12.6 Å². The van der Waals surface area contributed by atoms with Gasteiger partial charge in [-0.05, 0) is 24.3 Å². The van der Waals surface area contributed by atoms with Gasteiger partial charge in [0.25, 0.3) is 0 Å². The van der Waals surface area contributed by atoms with E-state index in [2.05, 4.69) is 15.2 Å². The fourth-order valence-corrected chi connectivity index (χ4v) is 4.24. The number of benzene rings is 2. The molecule has 168 valence electrons. The van der Waals surface area contributed by atoms with Crippen molar-refractivity contribution in [1.82, 2.24) is 15.2 Å². The largest absolute Gasteiger partial charge is 0.496 e. The summed E-state index contributed by atoms with van der Waals surface area (Å²) in [5.74, 6) is 2.00. The summed E-state index contributed by atoms with van der Waals surface area (Å²) in [5.41, 5.74) is 2.61.